The smallest absolute Gasteiger partial charge is 0.229 e. The van der Waals surface area contributed by atoms with Crippen molar-refractivity contribution in [3.05, 3.63) is 52.2 Å². The normalized spacial score (nSPS) is 15.3. The fourth-order valence-corrected chi connectivity index (χ4v) is 2.94. The summed E-state index contributed by atoms with van der Waals surface area (Å²) in [7, 11) is 0. The summed E-state index contributed by atoms with van der Waals surface area (Å²) < 4.78 is 0. The largest absolute Gasteiger partial charge is 0.326 e. The Bertz CT molecular complexity index is 649. The SMILES string of the molecule is N#CC1(c2ccc(NC(=O)Cc3cccs3)cc2)CC1. The van der Waals surface area contributed by atoms with E-state index in [0.717, 1.165) is 29.0 Å². The van der Waals surface area contributed by atoms with Crippen LogP contribution in [0, 0.1) is 11.3 Å². The number of benzene rings is 1. The van der Waals surface area contributed by atoms with E-state index >= 15 is 0 Å². The van der Waals surface area contributed by atoms with Crippen LogP contribution in [0.15, 0.2) is 41.8 Å². The maximum absolute atomic E-state index is 11.9. The van der Waals surface area contributed by atoms with Crippen LogP contribution in [0.3, 0.4) is 0 Å². The van der Waals surface area contributed by atoms with Crippen LogP contribution < -0.4 is 5.32 Å². The van der Waals surface area contributed by atoms with Gasteiger partial charge in [0.1, 0.15) is 0 Å². The third-order valence-electron chi connectivity index (χ3n) is 3.60. The maximum Gasteiger partial charge on any atom is 0.229 e. The molecule has 1 N–H and O–H groups in total. The van der Waals surface area contributed by atoms with Gasteiger partial charge in [0.25, 0.3) is 0 Å². The Morgan fingerprint density at radius 3 is 2.60 bits per heavy atom. The van der Waals surface area contributed by atoms with Crippen molar-refractivity contribution in [1.82, 2.24) is 0 Å². The van der Waals surface area contributed by atoms with E-state index in [9.17, 15) is 4.79 Å². The van der Waals surface area contributed by atoms with Crippen LogP contribution in [0.1, 0.15) is 23.3 Å². The molecule has 0 radical (unpaired) electrons. The Hall–Kier alpha value is -2.12. The van der Waals surface area contributed by atoms with E-state index in [2.05, 4.69) is 11.4 Å². The summed E-state index contributed by atoms with van der Waals surface area (Å²) in [6.07, 6.45) is 2.28. The third-order valence-corrected chi connectivity index (χ3v) is 4.48. The van der Waals surface area contributed by atoms with E-state index in [1.54, 1.807) is 11.3 Å². The van der Waals surface area contributed by atoms with Crippen molar-refractivity contribution in [3.63, 3.8) is 0 Å². The zero-order valence-electron chi connectivity index (χ0n) is 10.9. The van der Waals surface area contributed by atoms with E-state index in [1.165, 1.54) is 0 Å². The summed E-state index contributed by atoms with van der Waals surface area (Å²) in [6.45, 7) is 0. The number of hydrogen-bond acceptors (Lipinski definition) is 3. The second-order valence-electron chi connectivity index (χ2n) is 5.08. The van der Waals surface area contributed by atoms with Crippen LogP contribution in [0.4, 0.5) is 5.69 Å². The van der Waals surface area contributed by atoms with Crippen molar-refractivity contribution >= 4 is 22.9 Å². The van der Waals surface area contributed by atoms with Gasteiger partial charge in [-0.2, -0.15) is 5.26 Å². The first-order valence-corrected chi connectivity index (χ1v) is 7.44. The van der Waals surface area contributed by atoms with E-state index in [4.69, 9.17) is 5.26 Å². The van der Waals surface area contributed by atoms with Gasteiger partial charge in [0.2, 0.25) is 5.91 Å². The van der Waals surface area contributed by atoms with E-state index in [-0.39, 0.29) is 11.3 Å². The molecular formula is C16H14N2OS. The second kappa shape index (κ2) is 5.10. The predicted molar refractivity (Wildman–Crippen MR) is 79.6 cm³/mol. The first kappa shape index (κ1) is 12.9. The van der Waals surface area contributed by atoms with Gasteiger partial charge in [0.05, 0.1) is 17.9 Å². The van der Waals surface area contributed by atoms with E-state index in [0.29, 0.717) is 6.42 Å². The summed E-state index contributed by atoms with van der Waals surface area (Å²) in [6, 6.07) is 13.9. The van der Waals surface area contributed by atoms with Crippen molar-refractivity contribution in [1.29, 1.82) is 5.26 Å². The molecule has 0 unspecified atom stereocenters. The molecule has 1 aromatic heterocycles. The molecule has 0 spiro atoms. The minimum atomic E-state index is -0.264. The second-order valence-corrected chi connectivity index (χ2v) is 6.11. The Kier molecular flexibility index (Phi) is 3.29. The van der Waals surface area contributed by atoms with E-state index < -0.39 is 0 Å². The van der Waals surface area contributed by atoms with Crippen LogP contribution in [-0.2, 0) is 16.6 Å². The number of rotatable bonds is 4. The number of nitrogens with one attached hydrogen (secondary N) is 1. The monoisotopic (exact) mass is 282 g/mol. The van der Waals surface area contributed by atoms with Gasteiger partial charge in [-0.15, -0.1) is 11.3 Å². The molecule has 1 aliphatic rings. The van der Waals surface area contributed by atoms with Crippen molar-refractivity contribution in [2.24, 2.45) is 0 Å². The minimum absolute atomic E-state index is 0.0124. The standard InChI is InChI=1S/C16H14N2OS/c17-11-16(7-8-16)12-3-5-13(6-4-12)18-15(19)10-14-2-1-9-20-14/h1-6,9H,7-8,10H2,(H,18,19). The molecule has 0 aliphatic heterocycles. The van der Waals surface area contributed by atoms with Crippen molar-refractivity contribution in [2.45, 2.75) is 24.7 Å². The summed E-state index contributed by atoms with van der Waals surface area (Å²) in [5, 5.41) is 14.0. The van der Waals surface area contributed by atoms with Crippen LogP contribution >= 0.6 is 11.3 Å². The molecule has 1 aliphatic carbocycles. The van der Waals surface area contributed by atoms with Crippen molar-refractivity contribution < 1.29 is 4.79 Å². The number of nitriles is 1. The Morgan fingerprint density at radius 1 is 1.30 bits per heavy atom. The molecule has 1 amide bonds. The molecule has 1 aromatic carbocycles. The van der Waals surface area contributed by atoms with Gasteiger partial charge in [-0.25, -0.2) is 0 Å². The number of carbonyl (C=O) groups is 1. The molecule has 0 saturated heterocycles. The fraction of sp³-hybridized carbons (Fsp3) is 0.250. The minimum Gasteiger partial charge on any atom is -0.326 e. The highest BCUT2D eigenvalue weighted by molar-refractivity contribution is 7.10. The van der Waals surface area contributed by atoms with Gasteiger partial charge in [-0.1, -0.05) is 18.2 Å². The van der Waals surface area contributed by atoms with Crippen LogP contribution in [0.2, 0.25) is 0 Å². The fourth-order valence-electron chi connectivity index (χ4n) is 2.24. The molecule has 100 valence electrons. The van der Waals surface area contributed by atoms with Gasteiger partial charge in [-0.3, -0.25) is 4.79 Å². The van der Waals surface area contributed by atoms with Gasteiger partial charge < -0.3 is 5.32 Å². The predicted octanol–water partition coefficient (Wildman–Crippen LogP) is 3.48. The summed E-state index contributed by atoms with van der Waals surface area (Å²) in [4.78, 5) is 12.9. The number of thiophene rings is 1. The maximum atomic E-state index is 11.9. The lowest BCUT2D eigenvalue weighted by Crippen LogP contribution is -2.13. The number of amides is 1. The molecule has 4 heteroatoms. The van der Waals surface area contributed by atoms with E-state index in [1.807, 2.05) is 41.8 Å². The number of anilines is 1. The van der Waals surface area contributed by atoms with Crippen molar-refractivity contribution in [2.75, 3.05) is 5.32 Å². The van der Waals surface area contributed by atoms with Crippen LogP contribution in [0.25, 0.3) is 0 Å². The number of nitrogens with zero attached hydrogens (tertiary/aromatic N) is 1. The zero-order valence-corrected chi connectivity index (χ0v) is 11.7. The van der Waals surface area contributed by atoms with Gasteiger partial charge in [0.15, 0.2) is 0 Å². The lowest BCUT2D eigenvalue weighted by Gasteiger charge is -2.08. The van der Waals surface area contributed by atoms with Gasteiger partial charge in [-0.05, 0) is 42.0 Å². The summed E-state index contributed by atoms with van der Waals surface area (Å²) in [5.41, 5.74) is 1.57. The van der Waals surface area contributed by atoms with Gasteiger partial charge >= 0.3 is 0 Å². The molecule has 3 rings (SSSR count). The molecular weight excluding hydrogens is 268 g/mol. The number of hydrogen-bond donors (Lipinski definition) is 1. The molecule has 1 heterocycles. The Labute approximate surface area is 121 Å². The number of carbonyl (C=O) groups excluding carboxylic acids is 1. The zero-order chi connectivity index (χ0) is 14.0. The first-order valence-electron chi connectivity index (χ1n) is 6.56. The highest BCUT2D eigenvalue weighted by Crippen LogP contribution is 2.47. The average molecular weight is 282 g/mol. The topological polar surface area (TPSA) is 52.9 Å². The summed E-state index contributed by atoms with van der Waals surface area (Å²) >= 11 is 1.58. The highest BCUT2D eigenvalue weighted by Gasteiger charge is 2.44. The van der Waals surface area contributed by atoms with Crippen LogP contribution in [-0.4, -0.2) is 5.91 Å². The molecule has 20 heavy (non-hydrogen) atoms. The Morgan fingerprint density at radius 2 is 2.05 bits per heavy atom. The quantitative estimate of drug-likeness (QED) is 0.933. The summed E-state index contributed by atoms with van der Waals surface area (Å²) in [5.74, 6) is -0.0124. The molecule has 0 bridgehead atoms. The van der Waals surface area contributed by atoms with Crippen molar-refractivity contribution in [3.8, 4) is 6.07 Å². The highest BCUT2D eigenvalue weighted by atomic mass is 32.1. The molecule has 1 fully saturated rings. The Balaban J connectivity index is 1.64. The first-order chi connectivity index (χ1) is 9.72. The lowest BCUT2D eigenvalue weighted by atomic mass is 9.98. The molecule has 2 aromatic rings. The van der Waals surface area contributed by atoms with Crippen LogP contribution in [0.5, 0.6) is 0 Å². The van der Waals surface area contributed by atoms with Gasteiger partial charge in [0, 0.05) is 10.6 Å². The molecule has 3 nitrogen and oxygen atoms in total. The lowest BCUT2D eigenvalue weighted by molar-refractivity contribution is -0.115. The average Bonchev–Trinajstić information content (AvgIpc) is 3.10. The third kappa shape index (κ3) is 2.59. The molecule has 1 saturated carbocycles. The molecule has 0 atom stereocenters.